The summed E-state index contributed by atoms with van der Waals surface area (Å²) in [5.41, 5.74) is 0.917. The van der Waals surface area contributed by atoms with Crippen LogP contribution in [0.2, 0.25) is 0 Å². The Bertz CT molecular complexity index is 830. The van der Waals surface area contributed by atoms with Crippen LogP contribution in [0.1, 0.15) is 57.1 Å². The molecule has 0 aliphatic carbocycles. The zero-order valence-electron chi connectivity index (χ0n) is 18.5. The number of esters is 1. The number of Topliss-reactive ketones (excluding diaryl/α,β-unsaturated/α-hetero) is 1. The minimum absolute atomic E-state index is 0.191. The monoisotopic (exact) mass is 425 g/mol. The summed E-state index contributed by atoms with van der Waals surface area (Å²) in [6, 6.07) is 18.5. The maximum atomic E-state index is 12.9. The maximum absolute atomic E-state index is 12.9. The molecule has 0 saturated heterocycles. The van der Waals surface area contributed by atoms with E-state index < -0.39 is 17.5 Å². The van der Waals surface area contributed by atoms with E-state index in [0.717, 1.165) is 5.56 Å². The lowest BCUT2D eigenvalue weighted by Crippen LogP contribution is -2.31. The van der Waals surface area contributed by atoms with Gasteiger partial charge in [0.2, 0.25) is 6.41 Å². The fourth-order valence-electron chi connectivity index (χ4n) is 3.05. The lowest BCUT2D eigenvalue weighted by Gasteiger charge is -2.23. The van der Waals surface area contributed by atoms with Crippen LogP contribution in [0, 0.1) is 0 Å². The molecule has 0 radical (unpaired) electrons. The van der Waals surface area contributed by atoms with Crippen LogP contribution in [-0.2, 0) is 30.6 Å². The Morgan fingerprint density at radius 3 is 2.16 bits per heavy atom. The van der Waals surface area contributed by atoms with Crippen molar-refractivity contribution in [2.75, 3.05) is 6.54 Å². The van der Waals surface area contributed by atoms with Gasteiger partial charge in [-0.3, -0.25) is 19.2 Å². The summed E-state index contributed by atoms with van der Waals surface area (Å²) in [7, 11) is 0. The zero-order chi connectivity index (χ0) is 22.7. The summed E-state index contributed by atoms with van der Waals surface area (Å²) in [5.74, 6) is -1.68. The van der Waals surface area contributed by atoms with Gasteiger partial charge in [0.05, 0.1) is 0 Å². The Morgan fingerprint density at radius 2 is 1.58 bits per heavy atom. The number of hydrogen-bond donors (Lipinski definition) is 0. The van der Waals surface area contributed by atoms with Crippen LogP contribution in [0.4, 0.5) is 0 Å². The Hall–Kier alpha value is -2.99. The minimum atomic E-state index is -0.947. The van der Waals surface area contributed by atoms with Crippen molar-refractivity contribution in [1.82, 2.24) is 5.06 Å². The summed E-state index contributed by atoms with van der Waals surface area (Å²) in [6.45, 7) is 6.00. The van der Waals surface area contributed by atoms with Crippen LogP contribution >= 0.6 is 0 Å². The molecule has 1 unspecified atom stereocenters. The van der Waals surface area contributed by atoms with Crippen LogP contribution < -0.4 is 0 Å². The van der Waals surface area contributed by atoms with Gasteiger partial charge < -0.3 is 4.74 Å². The van der Waals surface area contributed by atoms with Gasteiger partial charge in [0.15, 0.2) is 5.78 Å². The largest absolute Gasteiger partial charge is 0.459 e. The zero-order valence-corrected chi connectivity index (χ0v) is 18.5. The third kappa shape index (κ3) is 8.72. The fourth-order valence-corrected chi connectivity index (χ4v) is 3.05. The standard InChI is InChI=1S/C25H31NO5/c1-25(2,3)31-24(29)23(21-14-8-5-9-15-21)22(28)16-10-11-17-26(19-27)30-18-20-12-6-4-7-13-20/h4-9,12-15,19,23H,10-11,16-18H2,1-3H3. The molecule has 0 aliphatic rings. The highest BCUT2D eigenvalue weighted by atomic mass is 16.7. The highest BCUT2D eigenvalue weighted by Crippen LogP contribution is 2.24. The van der Waals surface area contributed by atoms with E-state index in [1.165, 1.54) is 5.06 Å². The Morgan fingerprint density at radius 1 is 0.968 bits per heavy atom. The van der Waals surface area contributed by atoms with E-state index >= 15 is 0 Å². The van der Waals surface area contributed by atoms with Crippen LogP contribution in [0.15, 0.2) is 60.7 Å². The third-order valence-corrected chi connectivity index (χ3v) is 4.51. The summed E-state index contributed by atoms with van der Waals surface area (Å²) >= 11 is 0. The number of ether oxygens (including phenoxy) is 1. The number of unbranched alkanes of at least 4 members (excludes halogenated alkanes) is 1. The van der Waals surface area contributed by atoms with Gasteiger partial charge in [-0.25, -0.2) is 5.06 Å². The molecule has 6 nitrogen and oxygen atoms in total. The maximum Gasteiger partial charge on any atom is 0.321 e. The number of nitrogens with zero attached hydrogens (tertiary/aromatic N) is 1. The molecule has 1 atom stereocenters. The average Bonchev–Trinajstić information content (AvgIpc) is 2.73. The van der Waals surface area contributed by atoms with Crippen molar-refractivity contribution in [1.29, 1.82) is 0 Å². The van der Waals surface area contributed by atoms with E-state index in [9.17, 15) is 14.4 Å². The summed E-state index contributed by atoms with van der Waals surface area (Å²) in [4.78, 5) is 42.3. The van der Waals surface area contributed by atoms with Gasteiger partial charge in [0, 0.05) is 13.0 Å². The molecular formula is C25H31NO5. The lowest BCUT2D eigenvalue weighted by atomic mass is 9.91. The van der Waals surface area contributed by atoms with Gasteiger partial charge in [0.25, 0.3) is 0 Å². The molecule has 0 N–H and O–H groups in total. The van der Waals surface area contributed by atoms with Crippen molar-refractivity contribution < 1.29 is 24.0 Å². The molecule has 166 valence electrons. The van der Waals surface area contributed by atoms with Crippen LogP contribution in [0.3, 0.4) is 0 Å². The van der Waals surface area contributed by atoms with E-state index in [-0.39, 0.29) is 12.2 Å². The van der Waals surface area contributed by atoms with Crippen LogP contribution in [-0.4, -0.2) is 35.4 Å². The van der Waals surface area contributed by atoms with Crippen LogP contribution in [0.25, 0.3) is 0 Å². The van der Waals surface area contributed by atoms with E-state index in [2.05, 4.69) is 0 Å². The Kier molecular flexibility index (Phi) is 9.40. The molecule has 0 fully saturated rings. The first-order chi connectivity index (χ1) is 14.8. The predicted molar refractivity (Wildman–Crippen MR) is 118 cm³/mol. The molecule has 2 aromatic carbocycles. The van der Waals surface area contributed by atoms with E-state index in [1.54, 1.807) is 45.0 Å². The average molecular weight is 426 g/mol. The molecule has 1 amide bonds. The topological polar surface area (TPSA) is 72.9 Å². The normalized spacial score (nSPS) is 12.1. The molecule has 0 bridgehead atoms. The lowest BCUT2D eigenvalue weighted by molar-refractivity contribution is -0.177. The molecule has 2 rings (SSSR count). The minimum Gasteiger partial charge on any atom is -0.459 e. The molecule has 2 aromatic rings. The van der Waals surface area contributed by atoms with Gasteiger partial charge in [-0.1, -0.05) is 60.7 Å². The number of rotatable bonds is 12. The van der Waals surface area contributed by atoms with Gasteiger partial charge in [0.1, 0.15) is 18.1 Å². The van der Waals surface area contributed by atoms with Gasteiger partial charge in [-0.2, -0.15) is 0 Å². The van der Waals surface area contributed by atoms with E-state index in [1.807, 2.05) is 36.4 Å². The SMILES string of the molecule is CC(C)(C)OC(=O)C(C(=O)CCCCN(C=O)OCc1ccccc1)c1ccccc1. The Balaban J connectivity index is 1.87. The quantitative estimate of drug-likeness (QED) is 0.165. The number of hydrogen-bond acceptors (Lipinski definition) is 5. The van der Waals surface area contributed by atoms with Crippen molar-refractivity contribution in [3.63, 3.8) is 0 Å². The number of hydroxylamine groups is 2. The highest BCUT2D eigenvalue weighted by molar-refractivity contribution is 6.04. The van der Waals surface area contributed by atoms with Crippen molar-refractivity contribution in [3.05, 3.63) is 71.8 Å². The smallest absolute Gasteiger partial charge is 0.321 e. The second-order valence-corrected chi connectivity index (χ2v) is 8.31. The second-order valence-electron chi connectivity index (χ2n) is 8.31. The summed E-state index contributed by atoms with van der Waals surface area (Å²) in [6.07, 6.45) is 1.96. The van der Waals surface area contributed by atoms with Crippen LogP contribution in [0.5, 0.6) is 0 Å². The molecule has 0 aliphatic heterocycles. The number of carbonyl (C=O) groups is 3. The van der Waals surface area contributed by atoms with E-state index in [0.29, 0.717) is 38.0 Å². The third-order valence-electron chi connectivity index (χ3n) is 4.51. The van der Waals surface area contributed by atoms with Gasteiger partial charge >= 0.3 is 5.97 Å². The van der Waals surface area contributed by atoms with Crippen molar-refractivity contribution in [3.8, 4) is 0 Å². The van der Waals surface area contributed by atoms with E-state index in [4.69, 9.17) is 9.57 Å². The van der Waals surface area contributed by atoms with Crippen molar-refractivity contribution in [2.24, 2.45) is 0 Å². The first-order valence-electron chi connectivity index (χ1n) is 10.5. The molecule has 0 spiro atoms. The molecule has 6 heteroatoms. The molecular weight excluding hydrogens is 394 g/mol. The fraction of sp³-hybridized carbons (Fsp3) is 0.400. The first kappa shape index (κ1) is 24.3. The first-order valence-corrected chi connectivity index (χ1v) is 10.5. The number of carbonyl (C=O) groups excluding carboxylic acids is 3. The molecule has 31 heavy (non-hydrogen) atoms. The van der Waals surface area contributed by atoms with Gasteiger partial charge in [-0.15, -0.1) is 0 Å². The summed E-state index contributed by atoms with van der Waals surface area (Å²) in [5, 5.41) is 1.24. The molecule has 0 heterocycles. The number of ketones is 1. The summed E-state index contributed by atoms with van der Waals surface area (Å²) < 4.78 is 5.48. The number of amides is 1. The number of benzene rings is 2. The van der Waals surface area contributed by atoms with Crippen molar-refractivity contribution >= 4 is 18.2 Å². The molecule has 0 saturated carbocycles. The van der Waals surface area contributed by atoms with Crippen molar-refractivity contribution in [2.45, 2.75) is 58.2 Å². The van der Waals surface area contributed by atoms with Gasteiger partial charge in [-0.05, 0) is 44.7 Å². The second kappa shape index (κ2) is 12.0. The highest BCUT2D eigenvalue weighted by Gasteiger charge is 2.32. The Labute approximate surface area is 184 Å². The molecule has 0 aromatic heterocycles. The predicted octanol–water partition coefficient (Wildman–Crippen LogP) is 4.44.